The van der Waals surface area contributed by atoms with Gasteiger partial charge in [0.2, 0.25) is 0 Å². The van der Waals surface area contributed by atoms with E-state index in [1.54, 1.807) is 12.1 Å². The number of rotatable bonds is 12. The van der Waals surface area contributed by atoms with Gasteiger partial charge in [-0.3, -0.25) is 9.59 Å². The summed E-state index contributed by atoms with van der Waals surface area (Å²) in [4.78, 5) is 27.8. The van der Waals surface area contributed by atoms with Crippen molar-refractivity contribution in [3.8, 4) is 5.75 Å². The SMILES string of the molecule is COc1cc(N)c(Cl)cc1C(=O)NC[C@@H]1CCN(CCCCCCNC(=O)c2cn(C)c3ccccc23)C1. The molecule has 1 saturated heterocycles. The number of para-hydroxylation sites is 1. The molecule has 1 aliphatic rings. The van der Waals surface area contributed by atoms with Crippen LogP contribution in [0.2, 0.25) is 5.02 Å². The third kappa shape index (κ3) is 6.79. The number of fused-ring (bicyclic) bond motifs is 1. The van der Waals surface area contributed by atoms with Gasteiger partial charge in [-0.1, -0.05) is 42.6 Å². The van der Waals surface area contributed by atoms with E-state index in [0.29, 0.717) is 41.0 Å². The number of nitrogens with one attached hydrogen (secondary N) is 2. The lowest BCUT2D eigenvalue weighted by Gasteiger charge is -2.17. The summed E-state index contributed by atoms with van der Waals surface area (Å²) in [5.74, 6) is 0.647. The lowest BCUT2D eigenvalue weighted by atomic mass is 10.1. The Morgan fingerprint density at radius 1 is 1.08 bits per heavy atom. The van der Waals surface area contributed by atoms with Crippen molar-refractivity contribution in [3.05, 3.63) is 58.7 Å². The molecule has 0 bridgehead atoms. The lowest BCUT2D eigenvalue weighted by molar-refractivity contribution is 0.0939. The first-order valence-corrected chi connectivity index (χ1v) is 13.7. The Labute approximate surface area is 229 Å². The highest BCUT2D eigenvalue weighted by Gasteiger charge is 2.23. The Balaban J connectivity index is 1.09. The van der Waals surface area contributed by atoms with Crippen molar-refractivity contribution in [2.75, 3.05) is 45.6 Å². The molecular formula is C29H38ClN5O3. The predicted molar refractivity (Wildman–Crippen MR) is 153 cm³/mol. The molecule has 1 fully saturated rings. The van der Waals surface area contributed by atoms with Gasteiger partial charge in [-0.25, -0.2) is 0 Å². The molecule has 3 aromatic rings. The summed E-state index contributed by atoms with van der Waals surface area (Å²) in [6.45, 7) is 4.42. The number of nitrogens with two attached hydrogens (primary N) is 1. The minimum absolute atomic E-state index is 0.00469. The van der Waals surface area contributed by atoms with E-state index >= 15 is 0 Å². The number of carbonyl (C=O) groups is 2. The molecule has 1 aromatic heterocycles. The number of benzene rings is 2. The van der Waals surface area contributed by atoms with Crippen LogP contribution in [0.25, 0.3) is 10.9 Å². The highest BCUT2D eigenvalue weighted by molar-refractivity contribution is 6.33. The number of ether oxygens (including phenoxy) is 1. The highest BCUT2D eigenvalue weighted by atomic mass is 35.5. The first kappa shape index (κ1) is 27.8. The van der Waals surface area contributed by atoms with Crippen LogP contribution < -0.4 is 21.1 Å². The van der Waals surface area contributed by atoms with Gasteiger partial charge in [-0.2, -0.15) is 0 Å². The molecule has 0 unspecified atom stereocenters. The molecule has 0 radical (unpaired) electrons. The van der Waals surface area contributed by atoms with Crippen LogP contribution in [0.1, 0.15) is 52.8 Å². The van der Waals surface area contributed by atoms with Crippen molar-refractivity contribution in [1.29, 1.82) is 0 Å². The van der Waals surface area contributed by atoms with E-state index in [4.69, 9.17) is 22.1 Å². The zero-order chi connectivity index (χ0) is 27.1. The number of hydrogen-bond donors (Lipinski definition) is 3. The zero-order valence-corrected chi connectivity index (χ0v) is 23.0. The highest BCUT2D eigenvalue weighted by Crippen LogP contribution is 2.29. The van der Waals surface area contributed by atoms with Crippen LogP contribution in [-0.2, 0) is 7.05 Å². The second kappa shape index (κ2) is 13.0. The van der Waals surface area contributed by atoms with Crippen LogP contribution in [0.5, 0.6) is 5.75 Å². The maximum absolute atomic E-state index is 12.7. The van der Waals surface area contributed by atoms with Gasteiger partial charge in [0.05, 0.1) is 28.9 Å². The van der Waals surface area contributed by atoms with Gasteiger partial charge in [0.1, 0.15) is 5.75 Å². The Morgan fingerprint density at radius 3 is 2.66 bits per heavy atom. The van der Waals surface area contributed by atoms with Crippen LogP contribution in [0.4, 0.5) is 5.69 Å². The number of nitrogen functional groups attached to an aromatic ring is 1. The number of halogens is 1. The fourth-order valence-corrected chi connectivity index (χ4v) is 5.33. The van der Waals surface area contributed by atoms with Crippen molar-refractivity contribution in [2.24, 2.45) is 13.0 Å². The molecule has 9 heteroatoms. The van der Waals surface area contributed by atoms with E-state index in [0.717, 1.165) is 68.2 Å². The molecular weight excluding hydrogens is 502 g/mol. The fourth-order valence-electron chi connectivity index (χ4n) is 5.16. The standard InChI is InChI=1S/C29H38ClN5O3/c1-34-19-23(21-9-5-6-10-26(21)34)29(37)32-12-7-3-4-8-13-35-14-11-20(18-35)17-33-28(36)22-15-24(30)25(31)16-27(22)38-2/h5-6,9-10,15-16,19-20H,3-4,7-8,11-14,17-18,31H2,1-2H3,(H,32,37)(H,33,36)/t20-/m0/s1. The monoisotopic (exact) mass is 539 g/mol. The van der Waals surface area contributed by atoms with Crippen LogP contribution in [0.15, 0.2) is 42.6 Å². The number of hydrogen-bond acceptors (Lipinski definition) is 5. The number of carbonyl (C=O) groups excluding carboxylic acids is 2. The molecule has 0 saturated carbocycles. The number of anilines is 1. The molecule has 0 spiro atoms. The van der Waals surface area contributed by atoms with Crippen molar-refractivity contribution < 1.29 is 14.3 Å². The minimum atomic E-state index is -0.199. The molecule has 2 aromatic carbocycles. The Hall–Kier alpha value is -3.23. The maximum atomic E-state index is 12.7. The third-order valence-electron chi connectivity index (χ3n) is 7.31. The van der Waals surface area contributed by atoms with Crippen LogP contribution in [-0.4, -0.2) is 61.1 Å². The smallest absolute Gasteiger partial charge is 0.255 e. The fraction of sp³-hybridized carbons (Fsp3) is 0.448. The van der Waals surface area contributed by atoms with Crippen molar-refractivity contribution >= 4 is 40.0 Å². The van der Waals surface area contributed by atoms with Gasteiger partial charge in [0, 0.05) is 49.8 Å². The second-order valence-corrected chi connectivity index (χ2v) is 10.5. The molecule has 38 heavy (non-hydrogen) atoms. The largest absolute Gasteiger partial charge is 0.496 e. The summed E-state index contributed by atoms with van der Waals surface area (Å²) in [6.07, 6.45) is 7.31. The van der Waals surface area contributed by atoms with Crippen molar-refractivity contribution in [1.82, 2.24) is 20.1 Å². The van der Waals surface area contributed by atoms with Crippen molar-refractivity contribution in [3.63, 3.8) is 0 Å². The van der Waals surface area contributed by atoms with Gasteiger partial charge < -0.3 is 30.6 Å². The Morgan fingerprint density at radius 2 is 1.84 bits per heavy atom. The second-order valence-electron chi connectivity index (χ2n) is 10.1. The molecule has 4 N–H and O–H groups in total. The van der Waals surface area contributed by atoms with Gasteiger partial charge >= 0.3 is 0 Å². The van der Waals surface area contributed by atoms with Gasteiger partial charge in [0.25, 0.3) is 11.8 Å². The normalized spacial score (nSPS) is 15.6. The molecule has 1 aliphatic heterocycles. The predicted octanol–water partition coefficient (Wildman–Crippen LogP) is 4.46. The summed E-state index contributed by atoms with van der Waals surface area (Å²) < 4.78 is 7.28. The molecule has 4 rings (SSSR count). The molecule has 204 valence electrons. The zero-order valence-electron chi connectivity index (χ0n) is 22.3. The lowest BCUT2D eigenvalue weighted by Crippen LogP contribution is -2.31. The summed E-state index contributed by atoms with van der Waals surface area (Å²) in [5.41, 5.74) is 8.40. The first-order valence-electron chi connectivity index (χ1n) is 13.3. The van der Waals surface area contributed by atoms with Gasteiger partial charge in [0.15, 0.2) is 0 Å². The number of methoxy groups -OCH3 is 1. The average molecular weight is 540 g/mol. The topological polar surface area (TPSA) is 102 Å². The Bertz CT molecular complexity index is 1270. The maximum Gasteiger partial charge on any atom is 0.255 e. The van der Waals surface area contributed by atoms with E-state index in [-0.39, 0.29) is 11.8 Å². The minimum Gasteiger partial charge on any atom is -0.496 e. The first-order chi connectivity index (χ1) is 18.4. The van der Waals surface area contributed by atoms with Crippen LogP contribution in [0.3, 0.4) is 0 Å². The number of nitrogens with zero attached hydrogens (tertiary/aromatic N) is 2. The number of aryl methyl sites for hydroxylation is 1. The van der Waals surface area contributed by atoms with Crippen LogP contribution in [0, 0.1) is 5.92 Å². The van der Waals surface area contributed by atoms with E-state index in [1.165, 1.54) is 7.11 Å². The van der Waals surface area contributed by atoms with E-state index in [9.17, 15) is 9.59 Å². The number of aromatic nitrogens is 1. The summed E-state index contributed by atoms with van der Waals surface area (Å²) in [6, 6.07) is 11.1. The molecule has 2 amide bonds. The summed E-state index contributed by atoms with van der Waals surface area (Å²) in [7, 11) is 3.48. The van der Waals surface area contributed by atoms with Gasteiger partial charge in [-0.05, 0) is 50.4 Å². The number of likely N-dealkylation sites (tertiary alicyclic amines) is 1. The number of amides is 2. The third-order valence-corrected chi connectivity index (χ3v) is 7.64. The number of unbranched alkanes of at least 4 members (excludes halogenated alkanes) is 3. The molecule has 8 nitrogen and oxygen atoms in total. The van der Waals surface area contributed by atoms with E-state index in [1.807, 2.05) is 42.1 Å². The van der Waals surface area contributed by atoms with Gasteiger partial charge in [-0.15, -0.1) is 0 Å². The van der Waals surface area contributed by atoms with E-state index in [2.05, 4.69) is 15.5 Å². The average Bonchev–Trinajstić information content (AvgIpc) is 3.52. The van der Waals surface area contributed by atoms with Crippen molar-refractivity contribution in [2.45, 2.75) is 32.1 Å². The Kier molecular flexibility index (Phi) is 9.53. The molecule has 1 atom stereocenters. The molecule has 2 heterocycles. The quantitative estimate of drug-likeness (QED) is 0.233. The van der Waals surface area contributed by atoms with Crippen LogP contribution >= 0.6 is 11.6 Å². The van der Waals surface area contributed by atoms with E-state index < -0.39 is 0 Å². The summed E-state index contributed by atoms with van der Waals surface area (Å²) >= 11 is 6.09. The molecule has 0 aliphatic carbocycles. The summed E-state index contributed by atoms with van der Waals surface area (Å²) in [5, 5.41) is 7.43.